The molecule has 3 heteroatoms. The highest BCUT2D eigenvalue weighted by atomic mass is 19.2. The Hall–Kier alpha value is -1.90. The van der Waals surface area contributed by atoms with Gasteiger partial charge in [-0.3, -0.25) is 0 Å². The lowest BCUT2D eigenvalue weighted by atomic mass is 9.77. The molecular weight excluding hydrogens is 426 g/mol. The second-order valence-electron chi connectivity index (χ2n) is 10.6. The maximum absolute atomic E-state index is 15.3. The van der Waals surface area contributed by atoms with Crippen molar-refractivity contribution >= 4 is 0 Å². The minimum atomic E-state index is -0.718. The molecule has 0 aliphatic heterocycles. The summed E-state index contributed by atoms with van der Waals surface area (Å²) in [4.78, 5) is 0. The molecule has 0 radical (unpaired) electrons. The highest BCUT2D eigenvalue weighted by Crippen LogP contribution is 2.40. The molecule has 0 N–H and O–H groups in total. The summed E-state index contributed by atoms with van der Waals surface area (Å²) in [5.41, 5.74) is 3.54. The average molecular weight is 471 g/mol. The predicted molar refractivity (Wildman–Crippen MR) is 140 cm³/mol. The molecule has 0 saturated heterocycles. The fourth-order valence-corrected chi connectivity index (χ4v) is 5.68. The van der Waals surface area contributed by atoms with Crippen LogP contribution in [0.25, 0.3) is 11.1 Å². The van der Waals surface area contributed by atoms with E-state index in [0.29, 0.717) is 16.7 Å². The van der Waals surface area contributed by atoms with Gasteiger partial charge in [-0.1, -0.05) is 58.1 Å². The van der Waals surface area contributed by atoms with E-state index in [0.717, 1.165) is 54.9 Å². The van der Waals surface area contributed by atoms with Crippen molar-refractivity contribution in [2.75, 3.05) is 0 Å². The van der Waals surface area contributed by atoms with Crippen LogP contribution in [0.15, 0.2) is 24.3 Å². The Labute approximate surface area is 206 Å². The molecule has 1 atom stereocenters. The highest BCUT2D eigenvalue weighted by Gasteiger charge is 2.26. The van der Waals surface area contributed by atoms with Crippen LogP contribution in [0.2, 0.25) is 0 Å². The van der Waals surface area contributed by atoms with Crippen molar-refractivity contribution in [2.45, 2.75) is 117 Å². The van der Waals surface area contributed by atoms with Crippen molar-refractivity contribution < 1.29 is 13.5 Å². The fourth-order valence-electron chi connectivity index (χ4n) is 5.68. The lowest BCUT2D eigenvalue weighted by molar-refractivity contribution is 0.203. The van der Waals surface area contributed by atoms with Crippen LogP contribution in [0, 0.1) is 31.4 Å². The fraction of sp³-hybridized carbons (Fsp3) is 0.613. The number of rotatable bonds is 11. The van der Waals surface area contributed by atoms with Crippen LogP contribution in [0.4, 0.5) is 8.78 Å². The maximum Gasteiger partial charge on any atom is 0.166 e. The van der Waals surface area contributed by atoms with Gasteiger partial charge in [0.2, 0.25) is 0 Å². The quantitative estimate of drug-likeness (QED) is 0.297. The van der Waals surface area contributed by atoms with Gasteiger partial charge < -0.3 is 4.74 Å². The second-order valence-corrected chi connectivity index (χ2v) is 10.6. The lowest BCUT2D eigenvalue weighted by Crippen LogP contribution is -2.15. The van der Waals surface area contributed by atoms with Crippen LogP contribution in [-0.4, -0.2) is 6.10 Å². The van der Waals surface area contributed by atoms with Crippen molar-refractivity contribution in [3.8, 4) is 16.9 Å². The van der Waals surface area contributed by atoms with Gasteiger partial charge in [-0.25, -0.2) is 8.78 Å². The molecule has 1 aliphatic carbocycles. The van der Waals surface area contributed by atoms with Crippen molar-refractivity contribution in [1.82, 2.24) is 0 Å². The molecule has 2 aromatic carbocycles. The first kappa shape index (κ1) is 26.7. The molecule has 0 amide bonds. The van der Waals surface area contributed by atoms with E-state index >= 15 is 8.78 Å². The summed E-state index contributed by atoms with van der Waals surface area (Å²) < 4.78 is 36.7. The molecule has 0 aromatic heterocycles. The number of hydrogen-bond acceptors (Lipinski definition) is 1. The Balaban J connectivity index is 1.74. The van der Waals surface area contributed by atoms with Crippen molar-refractivity contribution in [3.05, 3.63) is 52.6 Å². The smallest absolute Gasteiger partial charge is 0.166 e. The largest absolute Gasteiger partial charge is 0.490 e. The summed E-state index contributed by atoms with van der Waals surface area (Å²) in [5, 5.41) is 0. The zero-order valence-electron chi connectivity index (χ0n) is 22.0. The Morgan fingerprint density at radius 2 is 1.56 bits per heavy atom. The molecule has 1 unspecified atom stereocenters. The third-order valence-electron chi connectivity index (χ3n) is 7.65. The number of hydrogen-bond donors (Lipinski definition) is 0. The molecule has 2 aromatic rings. The summed E-state index contributed by atoms with van der Waals surface area (Å²) in [6, 6.07) is 7.46. The summed E-state index contributed by atoms with van der Waals surface area (Å²) >= 11 is 0. The van der Waals surface area contributed by atoms with Gasteiger partial charge in [0.15, 0.2) is 11.6 Å². The van der Waals surface area contributed by atoms with Crippen LogP contribution < -0.4 is 4.74 Å². The number of ether oxygens (including phenoxy) is 1. The predicted octanol–water partition coefficient (Wildman–Crippen LogP) is 10.1. The van der Waals surface area contributed by atoms with Gasteiger partial charge in [0.25, 0.3) is 0 Å². The van der Waals surface area contributed by atoms with E-state index in [-0.39, 0.29) is 12.0 Å². The summed E-state index contributed by atoms with van der Waals surface area (Å²) in [5.74, 6) is 0.375. The van der Waals surface area contributed by atoms with Gasteiger partial charge in [0.1, 0.15) is 5.75 Å². The minimum absolute atomic E-state index is 0.134. The van der Waals surface area contributed by atoms with Gasteiger partial charge in [0, 0.05) is 5.56 Å². The Bertz CT molecular complexity index is 904. The standard InChI is InChI=1S/C31H44F2O/c1-6-8-9-10-12-23(5)34-31-21(3)19-26(20-22(31)4)28-18-17-27(29(32)30(28)33)25-15-13-24(11-7-2)14-16-25/h17-20,23-25H,6-16H2,1-5H3. The number of benzene rings is 2. The Morgan fingerprint density at radius 3 is 2.18 bits per heavy atom. The molecule has 188 valence electrons. The molecule has 1 nitrogen and oxygen atoms in total. The lowest BCUT2D eigenvalue weighted by Gasteiger charge is -2.29. The zero-order valence-corrected chi connectivity index (χ0v) is 22.0. The monoisotopic (exact) mass is 470 g/mol. The highest BCUT2D eigenvalue weighted by molar-refractivity contribution is 5.68. The van der Waals surface area contributed by atoms with Crippen molar-refractivity contribution in [3.63, 3.8) is 0 Å². The average Bonchev–Trinajstić information content (AvgIpc) is 2.81. The molecule has 1 aliphatic rings. The molecule has 0 heterocycles. The third-order valence-corrected chi connectivity index (χ3v) is 7.65. The van der Waals surface area contributed by atoms with E-state index < -0.39 is 11.6 Å². The summed E-state index contributed by atoms with van der Waals surface area (Å²) in [7, 11) is 0. The molecule has 34 heavy (non-hydrogen) atoms. The van der Waals surface area contributed by atoms with Crippen LogP contribution in [0.5, 0.6) is 5.75 Å². The van der Waals surface area contributed by atoms with Crippen LogP contribution in [0.1, 0.15) is 114 Å². The van der Waals surface area contributed by atoms with E-state index in [1.807, 2.05) is 32.0 Å². The van der Waals surface area contributed by atoms with E-state index in [4.69, 9.17) is 4.74 Å². The number of aryl methyl sites for hydroxylation is 2. The zero-order chi connectivity index (χ0) is 24.7. The van der Waals surface area contributed by atoms with Gasteiger partial charge in [0.05, 0.1) is 6.10 Å². The van der Waals surface area contributed by atoms with Crippen molar-refractivity contribution in [1.29, 1.82) is 0 Å². The SMILES string of the molecule is CCCCCCC(C)Oc1c(C)cc(-c2ccc(C3CCC(CCC)CC3)c(F)c2F)cc1C. The number of halogens is 2. The summed E-state index contributed by atoms with van der Waals surface area (Å²) in [6.45, 7) is 10.5. The Morgan fingerprint density at radius 1 is 0.882 bits per heavy atom. The first-order valence-electron chi connectivity index (χ1n) is 13.6. The first-order valence-corrected chi connectivity index (χ1v) is 13.6. The van der Waals surface area contributed by atoms with Gasteiger partial charge in [-0.15, -0.1) is 0 Å². The molecule has 1 fully saturated rings. The topological polar surface area (TPSA) is 9.23 Å². The Kier molecular flexibility index (Phi) is 9.97. The van der Waals surface area contributed by atoms with E-state index in [2.05, 4.69) is 20.8 Å². The molecule has 3 rings (SSSR count). The molecule has 1 saturated carbocycles. The number of unbranched alkanes of at least 4 members (excludes halogenated alkanes) is 3. The van der Waals surface area contributed by atoms with Crippen molar-refractivity contribution in [2.24, 2.45) is 5.92 Å². The van der Waals surface area contributed by atoms with Gasteiger partial charge in [-0.2, -0.15) is 0 Å². The second kappa shape index (κ2) is 12.7. The molecule has 0 bridgehead atoms. The van der Waals surface area contributed by atoms with E-state index in [1.165, 1.54) is 38.5 Å². The first-order chi connectivity index (χ1) is 16.3. The molecule has 0 spiro atoms. The minimum Gasteiger partial charge on any atom is -0.490 e. The third kappa shape index (κ3) is 6.61. The van der Waals surface area contributed by atoms with Gasteiger partial charge >= 0.3 is 0 Å². The normalized spacial score (nSPS) is 19.3. The molecular formula is C31H44F2O. The van der Waals surface area contributed by atoms with Crippen LogP contribution >= 0.6 is 0 Å². The van der Waals surface area contributed by atoms with Crippen LogP contribution in [0.3, 0.4) is 0 Å². The van der Waals surface area contributed by atoms with Crippen LogP contribution in [-0.2, 0) is 0 Å². The summed E-state index contributed by atoms with van der Waals surface area (Å²) in [6.07, 6.45) is 12.7. The van der Waals surface area contributed by atoms with E-state index in [9.17, 15) is 0 Å². The van der Waals surface area contributed by atoms with Gasteiger partial charge in [-0.05, 0) is 106 Å². The van der Waals surface area contributed by atoms with E-state index in [1.54, 1.807) is 6.07 Å². The maximum atomic E-state index is 15.3.